The van der Waals surface area contributed by atoms with Gasteiger partial charge in [0.1, 0.15) is 11.9 Å². The average Bonchev–Trinajstić information content (AvgIpc) is 2.18. The van der Waals surface area contributed by atoms with Crippen molar-refractivity contribution in [2.24, 2.45) is 0 Å². The number of hydrogen-bond donors (Lipinski definition) is 1. The summed E-state index contributed by atoms with van der Waals surface area (Å²) in [6, 6.07) is 5.46. The Hall–Kier alpha value is -1.60. The van der Waals surface area contributed by atoms with E-state index in [4.69, 9.17) is 10.4 Å². The largest absolute Gasteiger partial charge is 0.395 e. The molecule has 1 aromatic heterocycles. The Balaban J connectivity index is 2.75. The van der Waals surface area contributed by atoms with Crippen molar-refractivity contribution in [3.63, 3.8) is 0 Å². The van der Waals surface area contributed by atoms with Crippen molar-refractivity contribution in [1.29, 1.82) is 5.26 Å². The van der Waals surface area contributed by atoms with E-state index < -0.39 is 0 Å². The molecule has 0 atom stereocenters. The lowest BCUT2D eigenvalue weighted by Gasteiger charge is -2.15. The number of anilines is 1. The fourth-order valence-electron chi connectivity index (χ4n) is 0.943. The standard InChI is InChI=1S/C9H11N3O/c1-12(4-5-13)9-3-2-8(6-10)7-11-9/h2-3,7,13H,4-5H2,1H3. The molecule has 0 radical (unpaired) electrons. The minimum Gasteiger partial charge on any atom is -0.395 e. The summed E-state index contributed by atoms with van der Waals surface area (Å²) in [5.74, 6) is 0.757. The van der Waals surface area contributed by atoms with E-state index in [9.17, 15) is 0 Å². The number of rotatable bonds is 3. The van der Waals surface area contributed by atoms with E-state index in [2.05, 4.69) is 4.98 Å². The molecule has 0 aliphatic rings. The van der Waals surface area contributed by atoms with Crippen molar-refractivity contribution >= 4 is 5.82 Å². The molecule has 4 nitrogen and oxygen atoms in total. The maximum absolute atomic E-state index is 8.68. The number of pyridine rings is 1. The van der Waals surface area contributed by atoms with E-state index in [0.717, 1.165) is 5.82 Å². The average molecular weight is 177 g/mol. The van der Waals surface area contributed by atoms with Gasteiger partial charge in [0.25, 0.3) is 0 Å². The summed E-state index contributed by atoms with van der Waals surface area (Å²) in [5, 5.41) is 17.2. The highest BCUT2D eigenvalue weighted by Crippen LogP contribution is 2.07. The molecule has 0 aliphatic carbocycles. The third-order valence-corrected chi connectivity index (χ3v) is 1.70. The van der Waals surface area contributed by atoms with Crippen molar-refractivity contribution in [2.45, 2.75) is 0 Å². The lowest BCUT2D eigenvalue weighted by molar-refractivity contribution is 0.304. The summed E-state index contributed by atoms with van der Waals surface area (Å²) in [4.78, 5) is 5.88. The van der Waals surface area contributed by atoms with E-state index >= 15 is 0 Å². The van der Waals surface area contributed by atoms with Gasteiger partial charge in [-0.2, -0.15) is 5.26 Å². The molecule has 4 heteroatoms. The topological polar surface area (TPSA) is 60.1 Å². The summed E-state index contributed by atoms with van der Waals surface area (Å²) in [5.41, 5.74) is 0.543. The van der Waals surface area contributed by atoms with Crippen LogP contribution in [0.5, 0.6) is 0 Å². The number of aliphatic hydroxyl groups is 1. The van der Waals surface area contributed by atoms with Crippen LogP contribution in [0, 0.1) is 11.3 Å². The van der Waals surface area contributed by atoms with Crippen LogP contribution in [-0.2, 0) is 0 Å². The smallest absolute Gasteiger partial charge is 0.128 e. The molecule has 0 spiro atoms. The van der Waals surface area contributed by atoms with Crippen LogP contribution in [0.1, 0.15) is 5.56 Å². The van der Waals surface area contributed by atoms with E-state index in [0.29, 0.717) is 12.1 Å². The monoisotopic (exact) mass is 177 g/mol. The maximum atomic E-state index is 8.68. The second kappa shape index (κ2) is 4.43. The molecular formula is C9H11N3O. The molecule has 68 valence electrons. The Morgan fingerprint density at radius 2 is 2.38 bits per heavy atom. The predicted octanol–water partition coefficient (Wildman–Crippen LogP) is 0.382. The van der Waals surface area contributed by atoms with Gasteiger partial charge in [-0.1, -0.05) is 0 Å². The zero-order valence-corrected chi connectivity index (χ0v) is 7.44. The van der Waals surface area contributed by atoms with Crippen LogP contribution >= 0.6 is 0 Å². The summed E-state index contributed by atoms with van der Waals surface area (Å²) < 4.78 is 0. The highest BCUT2D eigenvalue weighted by atomic mass is 16.3. The third kappa shape index (κ3) is 2.42. The van der Waals surface area contributed by atoms with E-state index in [1.165, 1.54) is 6.20 Å². The van der Waals surface area contributed by atoms with E-state index in [1.54, 1.807) is 12.1 Å². The minimum atomic E-state index is 0.0954. The molecule has 0 bridgehead atoms. The van der Waals surface area contributed by atoms with Crippen molar-refractivity contribution in [3.05, 3.63) is 23.9 Å². The summed E-state index contributed by atoms with van der Waals surface area (Å²) in [7, 11) is 1.84. The van der Waals surface area contributed by atoms with Crippen LogP contribution in [0.4, 0.5) is 5.82 Å². The van der Waals surface area contributed by atoms with Crippen LogP contribution in [-0.4, -0.2) is 30.3 Å². The van der Waals surface area contributed by atoms with Gasteiger partial charge in [-0.3, -0.25) is 0 Å². The highest BCUT2D eigenvalue weighted by molar-refractivity contribution is 5.40. The Morgan fingerprint density at radius 1 is 1.62 bits per heavy atom. The Morgan fingerprint density at radius 3 is 2.85 bits per heavy atom. The van der Waals surface area contributed by atoms with Gasteiger partial charge in [-0.25, -0.2) is 4.98 Å². The van der Waals surface area contributed by atoms with Gasteiger partial charge in [0.2, 0.25) is 0 Å². The second-order valence-electron chi connectivity index (χ2n) is 2.66. The van der Waals surface area contributed by atoms with Crippen molar-refractivity contribution < 1.29 is 5.11 Å². The predicted molar refractivity (Wildman–Crippen MR) is 49.3 cm³/mol. The van der Waals surface area contributed by atoms with Crippen LogP contribution in [0.3, 0.4) is 0 Å². The molecule has 1 heterocycles. The number of likely N-dealkylation sites (N-methyl/N-ethyl adjacent to an activating group) is 1. The normalized spacial score (nSPS) is 9.31. The fourth-order valence-corrected chi connectivity index (χ4v) is 0.943. The van der Waals surface area contributed by atoms with Crippen LogP contribution < -0.4 is 4.90 Å². The van der Waals surface area contributed by atoms with Crippen molar-refractivity contribution in [2.75, 3.05) is 25.1 Å². The van der Waals surface area contributed by atoms with Gasteiger partial charge < -0.3 is 10.0 Å². The molecule has 1 N–H and O–H groups in total. The number of nitrogens with zero attached hydrogens (tertiary/aromatic N) is 3. The van der Waals surface area contributed by atoms with Gasteiger partial charge in [0.15, 0.2) is 0 Å². The first-order chi connectivity index (χ1) is 6.27. The third-order valence-electron chi connectivity index (χ3n) is 1.70. The number of hydrogen-bond acceptors (Lipinski definition) is 4. The van der Waals surface area contributed by atoms with Gasteiger partial charge in [0, 0.05) is 19.8 Å². The molecule has 1 aromatic rings. The molecule has 0 saturated carbocycles. The quantitative estimate of drug-likeness (QED) is 0.725. The first-order valence-corrected chi connectivity index (χ1v) is 3.96. The van der Waals surface area contributed by atoms with Crippen LogP contribution in [0.25, 0.3) is 0 Å². The molecule has 0 unspecified atom stereocenters. The van der Waals surface area contributed by atoms with Gasteiger partial charge in [-0.05, 0) is 12.1 Å². The van der Waals surface area contributed by atoms with Crippen molar-refractivity contribution in [3.8, 4) is 6.07 Å². The number of aliphatic hydroxyl groups excluding tert-OH is 1. The lowest BCUT2D eigenvalue weighted by Crippen LogP contribution is -2.21. The SMILES string of the molecule is CN(CCO)c1ccc(C#N)cn1. The summed E-state index contributed by atoms with van der Waals surface area (Å²) >= 11 is 0. The molecule has 1 rings (SSSR count). The lowest BCUT2D eigenvalue weighted by atomic mass is 10.3. The number of nitriles is 1. The summed E-state index contributed by atoms with van der Waals surface area (Å²) in [6.07, 6.45) is 1.52. The maximum Gasteiger partial charge on any atom is 0.128 e. The molecule has 0 saturated heterocycles. The fraction of sp³-hybridized carbons (Fsp3) is 0.333. The number of aromatic nitrogens is 1. The molecular weight excluding hydrogens is 166 g/mol. The zero-order valence-electron chi connectivity index (χ0n) is 7.44. The Bertz CT molecular complexity index is 302. The van der Waals surface area contributed by atoms with E-state index in [-0.39, 0.29) is 6.61 Å². The van der Waals surface area contributed by atoms with E-state index in [1.807, 2.05) is 18.0 Å². The minimum absolute atomic E-state index is 0.0954. The molecule has 0 aromatic carbocycles. The Labute approximate surface area is 77.1 Å². The first kappa shape index (κ1) is 9.49. The van der Waals surface area contributed by atoms with Crippen molar-refractivity contribution in [1.82, 2.24) is 4.98 Å². The van der Waals surface area contributed by atoms with Crippen LogP contribution in [0.15, 0.2) is 18.3 Å². The van der Waals surface area contributed by atoms with Gasteiger partial charge >= 0.3 is 0 Å². The molecule has 0 aliphatic heterocycles. The summed E-state index contributed by atoms with van der Waals surface area (Å²) in [6.45, 7) is 0.636. The second-order valence-corrected chi connectivity index (χ2v) is 2.66. The molecule has 0 amide bonds. The highest BCUT2D eigenvalue weighted by Gasteiger charge is 2.00. The Kier molecular flexibility index (Phi) is 3.23. The van der Waals surface area contributed by atoms with Gasteiger partial charge in [-0.15, -0.1) is 0 Å². The molecule has 0 fully saturated rings. The van der Waals surface area contributed by atoms with Gasteiger partial charge in [0.05, 0.1) is 12.2 Å². The first-order valence-electron chi connectivity index (χ1n) is 3.96. The molecule has 13 heavy (non-hydrogen) atoms. The van der Waals surface area contributed by atoms with Crippen LogP contribution in [0.2, 0.25) is 0 Å². The zero-order chi connectivity index (χ0) is 9.68.